The summed E-state index contributed by atoms with van der Waals surface area (Å²) in [5.74, 6) is -1.01. The van der Waals surface area contributed by atoms with Crippen LogP contribution in [0.4, 0.5) is 0 Å². The Morgan fingerprint density at radius 2 is 2.05 bits per heavy atom. The molecule has 1 rings (SSSR count). The van der Waals surface area contributed by atoms with Crippen LogP contribution in [-0.4, -0.2) is 58.9 Å². The van der Waals surface area contributed by atoms with Crippen LogP contribution in [-0.2, 0) is 4.74 Å². The molecule has 1 amide bonds. The molecule has 21 heavy (non-hydrogen) atoms. The first-order chi connectivity index (χ1) is 9.99. The number of amidine groups is 1. The van der Waals surface area contributed by atoms with Crippen molar-refractivity contribution in [2.75, 3.05) is 26.8 Å². The molecule has 0 aliphatic rings. The molecule has 0 aliphatic heterocycles. The van der Waals surface area contributed by atoms with Crippen molar-refractivity contribution < 1.29 is 25.0 Å². The molecule has 0 radical (unpaired) electrons. The number of benzene rings is 1. The Kier molecular flexibility index (Phi) is 6.28. The first-order valence-corrected chi connectivity index (χ1v) is 6.26. The van der Waals surface area contributed by atoms with E-state index < -0.39 is 0 Å². The molecule has 0 unspecified atom stereocenters. The summed E-state index contributed by atoms with van der Waals surface area (Å²) in [4.78, 5) is 13.8. The van der Waals surface area contributed by atoms with E-state index in [0.717, 1.165) is 0 Å². The topological polar surface area (TPSA) is 129 Å². The molecule has 0 spiro atoms. The second-order valence-electron chi connectivity index (χ2n) is 4.33. The summed E-state index contributed by atoms with van der Waals surface area (Å²) in [6, 6.07) is 3.82. The Hall–Kier alpha value is -2.48. The highest BCUT2D eigenvalue weighted by atomic mass is 16.5. The zero-order chi connectivity index (χ0) is 15.8. The lowest BCUT2D eigenvalue weighted by Crippen LogP contribution is -2.36. The number of amides is 1. The molecule has 0 atom stereocenters. The Morgan fingerprint density at radius 1 is 1.33 bits per heavy atom. The van der Waals surface area contributed by atoms with Crippen LogP contribution < -0.4 is 5.73 Å². The van der Waals surface area contributed by atoms with Gasteiger partial charge in [-0.2, -0.15) is 0 Å². The van der Waals surface area contributed by atoms with Crippen molar-refractivity contribution in [1.29, 1.82) is 0 Å². The van der Waals surface area contributed by atoms with Gasteiger partial charge in [-0.25, -0.2) is 0 Å². The number of nitrogens with two attached hydrogens (primary N) is 1. The van der Waals surface area contributed by atoms with Gasteiger partial charge >= 0.3 is 0 Å². The molecule has 1 aromatic carbocycles. The normalized spacial score (nSPS) is 11.4. The largest absolute Gasteiger partial charge is 0.504 e. The van der Waals surface area contributed by atoms with Crippen LogP contribution in [0.2, 0.25) is 0 Å². The summed E-state index contributed by atoms with van der Waals surface area (Å²) < 4.78 is 4.94. The molecule has 8 heteroatoms. The first-order valence-electron chi connectivity index (χ1n) is 6.26. The number of carbonyl (C=O) groups excluding carboxylic acids is 1. The van der Waals surface area contributed by atoms with E-state index in [0.29, 0.717) is 13.2 Å². The monoisotopic (exact) mass is 297 g/mol. The molecule has 0 fully saturated rings. The van der Waals surface area contributed by atoms with E-state index >= 15 is 0 Å². The van der Waals surface area contributed by atoms with E-state index in [9.17, 15) is 15.0 Å². The van der Waals surface area contributed by atoms with Crippen molar-refractivity contribution in [3.05, 3.63) is 23.8 Å². The number of methoxy groups -OCH3 is 1. The second-order valence-corrected chi connectivity index (χ2v) is 4.33. The third kappa shape index (κ3) is 4.84. The van der Waals surface area contributed by atoms with E-state index in [4.69, 9.17) is 15.7 Å². The minimum absolute atomic E-state index is 0.0128. The molecule has 0 aromatic heterocycles. The van der Waals surface area contributed by atoms with Gasteiger partial charge < -0.3 is 30.8 Å². The Bertz CT molecular complexity index is 519. The average Bonchev–Trinajstić information content (AvgIpc) is 2.49. The van der Waals surface area contributed by atoms with Crippen LogP contribution >= 0.6 is 0 Å². The number of oxime groups is 1. The molecule has 0 saturated heterocycles. The molecule has 0 aliphatic carbocycles. The van der Waals surface area contributed by atoms with Gasteiger partial charge in [0.1, 0.15) is 5.84 Å². The number of aromatic hydroxyl groups is 2. The lowest BCUT2D eigenvalue weighted by molar-refractivity contribution is 0.0700. The fraction of sp³-hybridized carbons (Fsp3) is 0.385. The predicted molar refractivity (Wildman–Crippen MR) is 75.6 cm³/mol. The zero-order valence-corrected chi connectivity index (χ0v) is 11.7. The van der Waals surface area contributed by atoms with Crippen molar-refractivity contribution in [2.24, 2.45) is 10.9 Å². The minimum atomic E-state index is -0.371. The van der Waals surface area contributed by atoms with E-state index in [-0.39, 0.29) is 41.8 Å². The van der Waals surface area contributed by atoms with Gasteiger partial charge in [-0.15, -0.1) is 0 Å². The first kappa shape index (κ1) is 16.6. The van der Waals surface area contributed by atoms with Crippen LogP contribution in [0.5, 0.6) is 11.5 Å². The summed E-state index contributed by atoms with van der Waals surface area (Å²) in [7, 11) is 1.51. The average molecular weight is 297 g/mol. The second kappa shape index (κ2) is 7.95. The van der Waals surface area contributed by atoms with Crippen molar-refractivity contribution in [1.82, 2.24) is 4.90 Å². The van der Waals surface area contributed by atoms with Crippen molar-refractivity contribution in [3.63, 3.8) is 0 Å². The van der Waals surface area contributed by atoms with E-state index in [1.165, 1.54) is 30.2 Å². The zero-order valence-electron chi connectivity index (χ0n) is 11.7. The molecule has 0 heterocycles. The summed E-state index contributed by atoms with van der Waals surface area (Å²) in [6.07, 6.45) is 0.204. The molecule has 116 valence electrons. The van der Waals surface area contributed by atoms with E-state index in [1.807, 2.05) is 0 Å². The smallest absolute Gasteiger partial charge is 0.254 e. The van der Waals surface area contributed by atoms with Crippen molar-refractivity contribution >= 4 is 11.7 Å². The number of rotatable bonds is 7. The van der Waals surface area contributed by atoms with Crippen LogP contribution in [0.1, 0.15) is 16.8 Å². The standard InChI is InChI=1S/C13H19N3O5/c1-21-7-6-16(5-4-12(14)15-20)13(19)9-2-3-10(17)11(18)8-9/h2-3,8,17-18,20H,4-7H2,1H3,(H2,14,15). The van der Waals surface area contributed by atoms with Crippen LogP contribution in [0.3, 0.4) is 0 Å². The molecule has 1 aromatic rings. The Morgan fingerprint density at radius 3 is 2.62 bits per heavy atom. The van der Waals surface area contributed by atoms with Gasteiger partial charge in [0.25, 0.3) is 5.91 Å². The fourth-order valence-electron chi connectivity index (χ4n) is 1.65. The van der Waals surface area contributed by atoms with Gasteiger partial charge in [0.2, 0.25) is 0 Å². The van der Waals surface area contributed by atoms with E-state index in [1.54, 1.807) is 0 Å². The van der Waals surface area contributed by atoms with Gasteiger partial charge in [0.15, 0.2) is 11.5 Å². The number of carbonyl (C=O) groups is 1. The maximum atomic E-state index is 12.3. The summed E-state index contributed by atoms with van der Waals surface area (Å²) in [5.41, 5.74) is 5.61. The lowest BCUT2D eigenvalue weighted by atomic mass is 10.1. The lowest BCUT2D eigenvalue weighted by Gasteiger charge is -2.22. The number of nitrogens with zero attached hydrogens (tertiary/aromatic N) is 2. The SMILES string of the molecule is COCCN(CC/C(N)=N/O)C(=O)c1ccc(O)c(O)c1. The molecule has 5 N–H and O–H groups in total. The number of hydrogen-bond acceptors (Lipinski definition) is 6. The van der Waals surface area contributed by atoms with Gasteiger partial charge in [-0.1, -0.05) is 5.16 Å². The van der Waals surface area contributed by atoms with E-state index in [2.05, 4.69) is 5.16 Å². The summed E-state index contributed by atoms with van der Waals surface area (Å²) >= 11 is 0. The number of phenols is 2. The van der Waals surface area contributed by atoms with Gasteiger partial charge in [-0.05, 0) is 18.2 Å². The molecular weight excluding hydrogens is 278 g/mol. The van der Waals surface area contributed by atoms with Gasteiger partial charge in [0.05, 0.1) is 6.61 Å². The maximum absolute atomic E-state index is 12.3. The molecule has 0 saturated carbocycles. The van der Waals surface area contributed by atoms with Gasteiger partial charge in [0, 0.05) is 32.2 Å². The highest BCUT2D eigenvalue weighted by Crippen LogP contribution is 2.25. The van der Waals surface area contributed by atoms with Crippen LogP contribution in [0.15, 0.2) is 23.4 Å². The highest BCUT2D eigenvalue weighted by molar-refractivity contribution is 5.95. The van der Waals surface area contributed by atoms with Crippen LogP contribution in [0, 0.1) is 0 Å². The summed E-state index contributed by atoms with van der Waals surface area (Å²) in [5, 5.41) is 30.1. The fourth-order valence-corrected chi connectivity index (χ4v) is 1.65. The Labute approximate surface area is 122 Å². The quantitative estimate of drug-likeness (QED) is 0.189. The Balaban J connectivity index is 2.84. The highest BCUT2D eigenvalue weighted by Gasteiger charge is 2.17. The predicted octanol–water partition coefficient (Wildman–Crippen LogP) is 0.323. The van der Waals surface area contributed by atoms with Gasteiger partial charge in [-0.3, -0.25) is 4.79 Å². The van der Waals surface area contributed by atoms with Crippen LogP contribution in [0.25, 0.3) is 0 Å². The number of hydrogen-bond donors (Lipinski definition) is 4. The number of ether oxygens (including phenoxy) is 1. The summed E-state index contributed by atoms with van der Waals surface area (Å²) in [6.45, 7) is 0.876. The third-order valence-electron chi connectivity index (χ3n) is 2.84. The molecular formula is C13H19N3O5. The third-order valence-corrected chi connectivity index (χ3v) is 2.84. The maximum Gasteiger partial charge on any atom is 0.254 e. The molecule has 0 bridgehead atoms. The number of phenolic OH excluding ortho intramolecular Hbond substituents is 2. The minimum Gasteiger partial charge on any atom is -0.504 e. The van der Waals surface area contributed by atoms with Crippen molar-refractivity contribution in [3.8, 4) is 11.5 Å². The van der Waals surface area contributed by atoms with Crippen molar-refractivity contribution in [2.45, 2.75) is 6.42 Å². The molecule has 8 nitrogen and oxygen atoms in total.